The van der Waals surface area contributed by atoms with Crippen molar-refractivity contribution in [3.05, 3.63) is 23.2 Å². The number of amides is 2. The Labute approximate surface area is 184 Å². The molecular weight excluding hydrogens is 454 g/mol. The summed E-state index contributed by atoms with van der Waals surface area (Å²) in [6.45, 7) is 1.33. The van der Waals surface area contributed by atoms with Gasteiger partial charge in [0, 0.05) is 26.3 Å². The molecule has 0 saturated carbocycles. The van der Waals surface area contributed by atoms with E-state index in [4.69, 9.17) is 16.3 Å². The van der Waals surface area contributed by atoms with E-state index in [9.17, 15) is 22.8 Å². The molecule has 1 N–H and O–H groups in total. The highest BCUT2D eigenvalue weighted by Gasteiger charge is 2.53. The summed E-state index contributed by atoms with van der Waals surface area (Å²) in [5, 5.41) is 2.59. The Hall–Kier alpha value is -1.82. The van der Waals surface area contributed by atoms with Crippen molar-refractivity contribution in [2.24, 2.45) is 0 Å². The molecule has 2 aliphatic heterocycles. The number of sulfonamides is 1. The van der Waals surface area contributed by atoms with Gasteiger partial charge < -0.3 is 15.0 Å². The predicted octanol–water partition coefficient (Wildman–Crippen LogP) is 1.53. The fraction of sp³-hybridized carbons (Fsp3) is 0.500. The Morgan fingerprint density at radius 2 is 2.10 bits per heavy atom. The molecule has 2 fully saturated rings. The Morgan fingerprint density at radius 3 is 2.77 bits per heavy atom. The second-order valence-electron chi connectivity index (χ2n) is 7.35. The quantitative estimate of drug-likeness (QED) is 0.620. The Bertz CT molecular complexity index is 1000. The van der Waals surface area contributed by atoms with Crippen molar-refractivity contribution in [1.82, 2.24) is 9.21 Å². The normalized spacial score (nSPS) is 23.6. The van der Waals surface area contributed by atoms with Crippen LogP contribution >= 0.6 is 23.4 Å². The van der Waals surface area contributed by atoms with E-state index in [0.717, 1.165) is 4.31 Å². The zero-order valence-electron chi connectivity index (χ0n) is 16.7. The fourth-order valence-electron chi connectivity index (χ4n) is 3.39. The van der Waals surface area contributed by atoms with Crippen molar-refractivity contribution >= 4 is 56.9 Å². The van der Waals surface area contributed by atoms with E-state index in [2.05, 4.69) is 5.32 Å². The van der Waals surface area contributed by atoms with Gasteiger partial charge in [-0.2, -0.15) is 0 Å². The molecule has 0 aromatic heterocycles. The number of halogens is 1. The molecule has 2 saturated heterocycles. The zero-order chi connectivity index (χ0) is 22.3. The highest BCUT2D eigenvalue weighted by molar-refractivity contribution is 8.01. The number of carbonyl (C=O) groups excluding carboxylic acids is 3. The van der Waals surface area contributed by atoms with Crippen molar-refractivity contribution in [3.63, 3.8) is 0 Å². The number of fused-ring (bicyclic) bond motifs is 1. The molecule has 0 aliphatic carbocycles. The first kappa shape index (κ1) is 22.9. The topological polar surface area (TPSA) is 113 Å². The van der Waals surface area contributed by atoms with Crippen LogP contribution in [0.15, 0.2) is 23.1 Å². The lowest BCUT2D eigenvalue weighted by atomic mass is 10.2. The summed E-state index contributed by atoms with van der Waals surface area (Å²) in [5.41, 5.74) is 0.0827. The molecule has 30 heavy (non-hydrogen) atoms. The maximum Gasteiger partial charge on any atom is 0.330 e. The standard InChI is InChI=1S/C18H22ClN3O6S2/c1-18-7-6-16(24)22(18)14(10-29-18)17(25)28-9-15(23)20-13-8-11(4-5-12(13)19)30(26,27)21(2)3/h4-5,8,14H,6-7,9-10H2,1-3H3,(H,20,23)/t14-,18+/m0/s1. The van der Waals surface area contributed by atoms with Gasteiger partial charge in [0.05, 0.1) is 20.5 Å². The van der Waals surface area contributed by atoms with Crippen molar-refractivity contribution in [1.29, 1.82) is 0 Å². The lowest BCUT2D eigenvalue weighted by Crippen LogP contribution is -2.47. The third-order valence-electron chi connectivity index (χ3n) is 5.05. The van der Waals surface area contributed by atoms with Gasteiger partial charge in [0.15, 0.2) is 6.61 Å². The molecule has 0 bridgehead atoms. The second-order valence-corrected chi connectivity index (χ2v) is 11.4. The Balaban J connectivity index is 1.63. The fourth-order valence-corrected chi connectivity index (χ4v) is 5.90. The van der Waals surface area contributed by atoms with Gasteiger partial charge in [0.1, 0.15) is 6.04 Å². The highest BCUT2D eigenvalue weighted by atomic mass is 35.5. The molecule has 2 amide bonds. The molecular formula is C18H22ClN3O6S2. The van der Waals surface area contributed by atoms with Crippen LogP contribution in [0.1, 0.15) is 19.8 Å². The molecule has 12 heteroatoms. The average Bonchev–Trinajstić information content (AvgIpc) is 3.17. The lowest BCUT2D eigenvalue weighted by Gasteiger charge is -2.29. The number of hydrogen-bond donors (Lipinski definition) is 1. The SMILES string of the molecule is CN(C)S(=O)(=O)c1ccc(Cl)c(NC(=O)COC(=O)[C@@H]2CS[C@]3(C)CCC(=O)N23)c1. The first-order valence-corrected chi connectivity index (χ1v) is 11.9. The molecule has 0 spiro atoms. The van der Waals surface area contributed by atoms with E-state index in [-0.39, 0.29) is 21.5 Å². The number of carbonyl (C=O) groups is 3. The Kier molecular flexibility index (Phi) is 6.38. The maximum absolute atomic E-state index is 12.4. The van der Waals surface area contributed by atoms with E-state index in [0.29, 0.717) is 18.6 Å². The molecule has 2 heterocycles. The van der Waals surface area contributed by atoms with Crippen molar-refractivity contribution in [2.75, 3.05) is 31.8 Å². The minimum atomic E-state index is -3.71. The van der Waals surface area contributed by atoms with Gasteiger partial charge >= 0.3 is 5.97 Å². The van der Waals surface area contributed by atoms with Crippen LogP contribution in [0, 0.1) is 0 Å². The summed E-state index contributed by atoms with van der Waals surface area (Å²) in [6, 6.07) is 3.20. The third kappa shape index (κ3) is 4.29. The van der Waals surface area contributed by atoms with Gasteiger partial charge in [-0.25, -0.2) is 17.5 Å². The van der Waals surface area contributed by atoms with Crippen LogP contribution in [0.5, 0.6) is 0 Å². The molecule has 164 valence electrons. The summed E-state index contributed by atoms with van der Waals surface area (Å²) in [4.78, 5) is 37.9. The van der Waals surface area contributed by atoms with Crippen LogP contribution in [0.2, 0.25) is 5.02 Å². The smallest absolute Gasteiger partial charge is 0.330 e. The number of rotatable bonds is 6. The number of nitrogens with one attached hydrogen (secondary N) is 1. The summed E-state index contributed by atoms with van der Waals surface area (Å²) >= 11 is 7.58. The number of esters is 1. The van der Waals surface area contributed by atoms with E-state index in [1.54, 1.807) is 4.90 Å². The molecule has 1 aromatic rings. The number of thioether (sulfide) groups is 1. The number of anilines is 1. The number of hydrogen-bond acceptors (Lipinski definition) is 7. The zero-order valence-corrected chi connectivity index (χ0v) is 19.1. The minimum Gasteiger partial charge on any atom is -0.454 e. The predicted molar refractivity (Wildman–Crippen MR) is 113 cm³/mol. The number of ether oxygens (including phenoxy) is 1. The Morgan fingerprint density at radius 1 is 1.40 bits per heavy atom. The van der Waals surface area contributed by atoms with E-state index in [1.807, 2.05) is 6.92 Å². The molecule has 1 aromatic carbocycles. The van der Waals surface area contributed by atoms with Gasteiger partial charge in [0.25, 0.3) is 5.91 Å². The second kappa shape index (κ2) is 8.37. The van der Waals surface area contributed by atoms with E-state index < -0.39 is 39.4 Å². The van der Waals surface area contributed by atoms with Crippen molar-refractivity contribution in [3.8, 4) is 0 Å². The molecule has 2 atom stereocenters. The molecule has 0 unspecified atom stereocenters. The van der Waals surface area contributed by atoms with E-state index >= 15 is 0 Å². The average molecular weight is 476 g/mol. The number of benzene rings is 1. The van der Waals surface area contributed by atoms with Gasteiger partial charge in [-0.1, -0.05) is 11.6 Å². The highest BCUT2D eigenvalue weighted by Crippen LogP contribution is 2.47. The third-order valence-corrected chi connectivity index (χ3v) is 8.70. The summed E-state index contributed by atoms with van der Waals surface area (Å²) in [5.74, 6) is -1.00. The monoisotopic (exact) mass is 475 g/mol. The lowest BCUT2D eigenvalue weighted by molar-refractivity contribution is -0.155. The van der Waals surface area contributed by atoms with E-state index in [1.165, 1.54) is 44.1 Å². The van der Waals surface area contributed by atoms with Gasteiger partial charge in [-0.15, -0.1) is 11.8 Å². The number of nitrogens with zero attached hydrogens (tertiary/aromatic N) is 2. The first-order valence-electron chi connectivity index (χ1n) is 9.10. The largest absolute Gasteiger partial charge is 0.454 e. The van der Waals surface area contributed by atoms with Crippen molar-refractivity contribution < 1.29 is 27.5 Å². The van der Waals surface area contributed by atoms with Crippen LogP contribution in [-0.4, -0.2) is 72.8 Å². The van der Waals surface area contributed by atoms with Crippen LogP contribution < -0.4 is 5.32 Å². The molecule has 9 nitrogen and oxygen atoms in total. The van der Waals surface area contributed by atoms with Gasteiger partial charge in [-0.3, -0.25) is 9.59 Å². The maximum atomic E-state index is 12.4. The van der Waals surface area contributed by atoms with Gasteiger partial charge in [0.2, 0.25) is 15.9 Å². The van der Waals surface area contributed by atoms with Crippen LogP contribution in [0.3, 0.4) is 0 Å². The summed E-state index contributed by atoms with van der Waals surface area (Å²) < 4.78 is 30.7. The van der Waals surface area contributed by atoms with Crippen molar-refractivity contribution in [2.45, 2.75) is 35.6 Å². The van der Waals surface area contributed by atoms with Crippen LogP contribution in [0.4, 0.5) is 5.69 Å². The van der Waals surface area contributed by atoms with Gasteiger partial charge in [-0.05, 0) is 31.5 Å². The molecule has 0 radical (unpaired) electrons. The van der Waals surface area contributed by atoms with Crippen LogP contribution in [0.25, 0.3) is 0 Å². The molecule has 3 rings (SSSR count). The summed E-state index contributed by atoms with van der Waals surface area (Å²) in [7, 11) is -0.934. The summed E-state index contributed by atoms with van der Waals surface area (Å²) in [6.07, 6.45) is 1.06. The first-order chi connectivity index (χ1) is 14.0. The van der Waals surface area contributed by atoms with Crippen LogP contribution in [-0.2, 0) is 29.1 Å². The minimum absolute atomic E-state index is 0.0426. The molecule has 2 aliphatic rings.